The summed E-state index contributed by atoms with van der Waals surface area (Å²) in [5.74, 6) is 1.55. The van der Waals surface area contributed by atoms with Crippen LogP contribution in [0.5, 0.6) is 0 Å². The first kappa shape index (κ1) is 12.1. The molecule has 0 bridgehead atoms. The Labute approximate surface area is 101 Å². The smallest absolute Gasteiger partial charge is 0.237 e. The number of hydrogen-bond donors (Lipinski definition) is 3. The third-order valence-electron chi connectivity index (χ3n) is 3.16. The second kappa shape index (κ2) is 5.31. The predicted molar refractivity (Wildman–Crippen MR) is 65.4 cm³/mol. The summed E-state index contributed by atoms with van der Waals surface area (Å²) >= 11 is 0. The fourth-order valence-corrected chi connectivity index (χ4v) is 2.07. The van der Waals surface area contributed by atoms with E-state index < -0.39 is 0 Å². The number of amides is 1. The highest BCUT2D eigenvalue weighted by molar-refractivity contribution is 5.81. The summed E-state index contributed by atoms with van der Waals surface area (Å²) in [6, 6.07) is -0.0396. The highest BCUT2D eigenvalue weighted by Gasteiger charge is 2.23. The number of piperidine rings is 1. The predicted octanol–water partition coefficient (Wildman–Crippen LogP) is 0.722. The van der Waals surface area contributed by atoms with E-state index in [2.05, 4.69) is 27.5 Å². The lowest BCUT2D eigenvalue weighted by Crippen LogP contribution is -2.48. The van der Waals surface area contributed by atoms with Crippen LogP contribution in [0, 0.1) is 12.8 Å². The summed E-state index contributed by atoms with van der Waals surface area (Å²) in [4.78, 5) is 19.1. The zero-order valence-corrected chi connectivity index (χ0v) is 10.4. The number of H-pyrrole nitrogens is 1. The largest absolute Gasteiger partial charge is 0.348 e. The number of hydrogen-bond acceptors (Lipinski definition) is 3. The molecule has 1 saturated heterocycles. The van der Waals surface area contributed by atoms with Crippen LogP contribution in [0.1, 0.15) is 31.3 Å². The maximum absolute atomic E-state index is 11.9. The van der Waals surface area contributed by atoms with Crippen LogP contribution in [0.2, 0.25) is 0 Å². The van der Waals surface area contributed by atoms with Gasteiger partial charge in [-0.15, -0.1) is 0 Å². The van der Waals surface area contributed by atoms with Gasteiger partial charge in [0.2, 0.25) is 5.91 Å². The van der Waals surface area contributed by atoms with Gasteiger partial charge >= 0.3 is 0 Å². The maximum Gasteiger partial charge on any atom is 0.237 e. The monoisotopic (exact) mass is 236 g/mol. The molecule has 1 aliphatic heterocycles. The second-order valence-corrected chi connectivity index (χ2v) is 4.87. The zero-order chi connectivity index (χ0) is 12.3. The van der Waals surface area contributed by atoms with E-state index in [0.717, 1.165) is 30.9 Å². The number of nitrogens with one attached hydrogen (secondary N) is 3. The van der Waals surface area contributed by atoms with E-state index in [1.165, 1.54) is 0 Å². The average Bonchev–Trinajstić information content (AvgIpc) is 2.73. The molecule has 0 saturated carbocycles. The molecule has 17 heavy (non-hydrogen) atoms. The summed E-state index contributed by atoms with van der Waals surface area (Å²) in [6.07, 6.45) is 3.80. The van der Waals surface area contributed by atoms with Gasteiger partial charge in [0.25, 0.3) is 0 Å². The molecule has 1 aromatic heterocycles. The number of aromatic nitrogens is 2. The van der Waals surface area contributed by atoms with E-state index >= 15 is 0 Å². The normalized spacial score (nSPS) is 24.6. The zero-order valence-electron chi connectivity index (χ0n) is 10.4. The molecule has 2 heterocycles. The minimum absolute atomic E-state index is 0.0396. The fraction of sp³-hybridized carbons (Fsp3) is 0.667. The molecule has 3 N–H and O–H groups in total. The highest BCUT2D eigenvalue weighted by Crippen LogP contribution is 2.13. The SMILES string of the molecule is Cc1cnc(CNC(=O)C2CCC(C)CN2)[nH]1. The van der Waals surface area contributed by atoms with Crippen molar-refractivity contribution in [1.29, 1.82) is 0 Å². The Morgan fingerprint density at radius 3 is 3.00 bits per heavy atom. The van der Waals surface area contributed by atoms with Crippen LogP contribution in [0.3, 0.4) is 0 Å². The Morgan fingerprint density at radius 1 is 1.59 bits per heavy atom. The first-order chi connectivity index (χ1) is 8.15. The van der Waals surface area contributed by atoms with Gasteiger partial charge in [-0.05, 0) is 32.2 Å². The topological polar surface area (TPSA) is 69.8 Å². The van der Waals surface area contributed by atoms with E-state index in [-0.39, 0.29) is 11.9 Å². The molecule has 2 rings (SSSR count). The van der Waals surface area contributed by atoms with E-state index in [4.69, 9.17) is 0 Å². The van der Waals surface area contributed by atoms with Gasteiger partial charge in [0.05, 0.1) is 12.6 Å². The Bertz CT molecular complexity index is 380. The second-order valence-electron chi connectivity index (χ2n) is 4.87. The van der Waals surface area contributed by atoms with Gasteiger partial charge in [-0.2, -0.15) is 0 Å². The molecule has 2 unspecified atom stereocenters. The number of aromatic amines is 1. The van der Waals surface area contributed by atoms with E-state index in [1.54, 1.807) is 6.20 Å². The van der Waals surface area contributed by atoms with Crippen LogP contribution in [-0.4, -0.2) is 28.5 Å². The molecular weight excluding hydrogens is 216 g/mol. The van der Waals surface area contributed by atoms with Crippen molar-refractivity contribution in [2.24, 2.45) is 5.92 Å². The van der Waals surface area contributed by atoms with Crippen molar-refractivity contribution in [2.45, 2.75) is 39.3 Å². The molecule has 0 spiro atoms. The van der Waals surface area contributed by atoms with Crippen molar-refractivity contribution in [2.75, 3.05) is 6.54 Å². The lowest BCUT2D eigenvalue weighted by Gasteiger charge is -2.26. The van der Waals surface area contributed by atoms with Gasteiger partial charge in [-0.3, -0.25) is 4.79 Å². The van der Waals surface area contributed by atoms with Gasteiger partial charge in [0, 0.05) is 11.9 Å². The molecule has 5 nitrogen and oxygen atoms in total. The number of imidazole rings is 1. The quantitative estimate of drug-likeness (QED) is 0.724. The lowest BCUT2D eigenvalue weighted by atomic mass is 9.96. The Hall–Kier alpha value is -1.36. The van der Waals surface area contributed by atoms with E-state index in [0.29, 0.717) is 12.5 Å². The first-order valence-electron chi connectivity index (χ1n) is 6.16. The average molecular weight is 236 g/mol. The lowest BCUT2D eigenvalue weighted by molar-refractivity contribution is -0.124. The summed E-state index contributed by atoms with van der Waals surface area (Å²) in [7, 11) is 0. The molecule has 1 aromatic rings. The number of carbonyl (C=O) groups is 1. The van der Waals surface area contributed by atoms with Crippen LogP contribution in [0.4, 0.5) is 0 Å². The third kappa shape index (κ3) is 3.30. The van der Waals surface area contributed by atoms with Crippen molar-refractivity contribution in [3.8, 4) is 0 Å². The van der Waals surface area contributed by atoms with Crippen LogP contribution in [0.15, 0.2) is 6.20 Å². The molecule has 0 aromatic carbocycles. The highest BCUT2D eigenvalue weighted by atomic mass is 16.2. The summed E-state index contributed by atoms with van der Waals surface area (Å²) in [5, 5.41) is 6.17. The minimum atomic E-state index is -0.0396. The molecule has 0 aliphatic carbocycles. The van der Waals surface area contributed by atoms with Gasteiger partial charge in [0.15, 0.2) is 0 Å². The standard InChI is InChI=1S/C12H20N4O/c1-8-3-4-10(13-5-8)12(17)15-7-11-14-6-9(2)16-11/h6,8,10,13H,3-5,7H2,1-2H3,(H,14,16)(H,15,17). The van der Waals surface area contributed by atoms with Crippen molar-refractivity contribution < 1.29 is 4.79 Å². The Morgan fingerprint density at radius 2 is 2.41 bits per heavy atom. The van der Waals surface area contributed by atoms with Crippen molar-refractivity contribution in [3.63, 3.8) is 0 Å². The number of aryl methyl sites for hydroxylation is 1. The molecule has 2 atom stereocenters. The fourth-order valence-electron chi connectivity index (χ4n) is 2.07. The first-order valence-corrected chi connectivity index (χ1v) is 6.16. The summed E-state index contributed by atoms with van der Waals surface area (Å²) in [5.41, 5.74) is 1.01. The molecule has 5 heteroatoms. The minimum Gasteiger partial charge on any atom is -0.348 e. The molecule has 94 valence electrons. The Kier molecular flexibility index (Phi) is 3.78. The number of nitrogens with zero attached hydrogens (tertiary/aromatic N) is 1. The van der Waals surface area contributed by atoms with Gasteiger partial charge in [-0.1, -0.05) is 6.92 Å². The van der Waals surface area contributed by atoms with Crippen LogP contribution < -0.4 is 10.6 Å². The number of carbonyl (C=O) groups excluding carboxylic acids is 1. The van der Waals surface area contributed by atoms with Crippen LogP contribution in [0.25, 0.3) is 0 Å². The maximum atomic E-state index is 11.9. The van der Waals surface area contributed by atoms with Crippen LogP contribution in [-0.2, 0) is 11.3 Å². The number of rotatable bonds is 3. The van der Waals surface area contributed by atoms with E-state index in [9.17, 15) is 4.79 Å². The van der Waals surface area contributed by atoms with Gasteiger partial charge < -0.3 is 15.6 Å². The van der Waals surface area contributed by atoms with Gasteiger partial charge in [0.1, 0.15) is 5.82 Å². The third-order valence-corrected chi connectivity index (χ3v) is 3.16. The Balaban J connectivity index is 1.77. The summed E-state index contributed by atoms with van der Waals surface area (Å²) in [6.45, 7) is 5.55. The summed E-state index contributed by atoms with van der Waals surface area (Å²) < 4.78 is 0. The molecule has 1 amide bonds. The molecule has 0 radical (unpaired) electrons. The van der Waals surface area contributed by atoms with Gasteiger partial charge in [-0.25, -0.2) is 4.98 Å². The van der Waals surface area contributed by atoms with E-state index in [1.807, 2.05) is 6.92 Å². The molecule has 1 aliphatic rings. The van der Waals surface area contributed by atoms with Crippen LogP contribution >= 0.6 is 0 Å². The molecular formula is C12H20N4O. The van der Waals surface area contributed by atoms with Crippen molar-refractivity contribution in [3.05, 3.63) is 17.7 Å². The van der Waals surface area contributed by atoms with Crippen molar-refractivity contribution in [1.82, 2.24) is 20.6 Å². The van der Waals surface area contributed by atoms with Crippen molar-refractivity contribution >= 4 is 5.91 Å². The molecule has 1 fully saturated rings.